The minimum Gasteiger partial charge on any atom is -0.491 e. The number of nitrogen functional groups attached to an aromatic ring is 1. The Hall–Kier alpha value is -1.55. The van der Waals surface area contributed by atoms with Crippen molar-refractivity contribution in [3.8, 4) is 16.3 Å². The predicted molar refractivity (Wildman–Crippen MR) is 95.6 cm³/mol. The molecule has 0 aliphatic heterocycles. The van der Waals surface area contributed by atoms with E-state index >= 15 is 0 Å². The predicted octanol–water partition coefficient (Wildman–Crippen LogP) is 5.11. The molecule has 2 aromatic rings. The van der Waals surface area contributed by atoms with Gasteiger partial charge in [0.25, 0.3) is 0 Å². The monoisotopic (exact) mass is 318 g/mol. The molecule has 0 aliphatic rings. The first-order chi connectivity index (χ1) is 10.3. The van der Waals surface area contributed by atoms with Crippen molar-refractivity contribution in [2.24, 2.45) is 5.92 Å². The summed E-state index contributed by atoms with van der Waals surface area (Å²) in [4.78, 5) is 4.73. The Labute approximate surface area is 137 Å². The molecule has 4 heteroatoms. The molecule has 3 nitrogen and oxygen atoms in total. The van der Waals surface area contributed by atoms with Gasteiger partial charge in [-0.3, -0.25) is 0 Å². The van der Waals surface area contributed by atoms with Gasteiger partial charge in [-0.2, -0.15) is 0 Å². The molecule has 0 saturated heterocycles. The minimum atomic E-state index is 0.0696. The first kappa shape index (κ1) is 16.8. The van der Waals surface area contributed by atoms with E-state index in [-0.39, 0.29) is 5.41 Å². The van der Waals surface area contributed by atoms with Crippen LogP contribution in [0.2, 0.25) is 0 Å². The van der Waals surface area contributed by atoms with Crippen LogP contribution in [0.15, 0.2) is 23.6 Å². The van der Waals surface area contributed by atoms with Crippen LogP contribution >= 0.6 is 11.3 Å². The molecule has 0 bridgehead atoms. The molecule has 2 N–H and O–H groups in total. The fraction of sp³-hybridized carbons (Fsp3) is 0.500. The lowest BCUT2D eigenvalue weighted by Crippen LogP contribution is -2.11. The zero-order chi connectivity index (χ0) is 16.3. The van der Waals surface area contributed by atoms with Crippen LogP contribution in [0.25, 0.3) is 10.6 Å². The lowest BCUT2D eigenvalue weighted by Gasteiger charge is -2.14. The summed E-state index contributed by atoms with van der Waals surface area (Å²) in [6, 6.07) is 5.94. The highest BCUT2D eigenvalue weighted by Crippen LogP contribution is 2.33. The van der Waals surface area contributed by atoms with Crippen LogP contribution in [0.5, 0.6) is 5.75 Å². The van der Waals surface area contributed by atoms with Crippen molar-refractivity contribution >= 4 is 17.0 Å². The second-order valence-corrected chi connectivity index (χ2v) is 7.93. The number of thiazole rings is 1. The van der Waals surface area contributed by atoms with Crippen molar-refractivity contribution in [1.29, 1.82) is 0 Å². The van der Waals surface area contributed by atoms with Gasteiger partial charge in [-0.15, -0.1) is 11.3 Å². The van der Waals surface area contributed by atoms with Crippen LogP contribution in [0.4, 0.5) is 5.69 Å². The van der Waals surface area contributed by atoms with Gasteiger partial charge in [0.05, 0.1) is 18.0 Å². The second-order valence-electron chi connectivity index (χ2n) is 7.07. The average Bonchev–Trinajstić information content (AvgIpc) is 2.89. The van der Waals surface area contributed by atoms with Gasteiger partial charge >= 0.3 is 0 Å². The number of nitrogens with zero attached hydrogens (tertiary/aromatic N) is 1. The lowest BCUT2D eigenvalue weighted by molar-refractivity contribution is 0.291. The number of rotatable bonds is 5. The fourth-order valence-electron chi connectivity index (χ4n) is 1.97. The maximum absolute atomic E-state index is 6.12. The van der Waals surface area contributed by atoms with Gasteiger partial charge < -0.3 is 10.5 Å². The number of ether oxygens (including phenoxy) is 1. The molecule has 0 radical (unpaired) electrons. The van der Waals surface area contributed by atoms with E-state index in [2.05, 4.69) is 40.0 Å². The van der Waals surface area contributed by atoms with Gasteiger partial charge in [0.2, 0.25) is 0 Å². The van der Waals surface area contributed by atoms with Gasteiger partial charge in [-0.05, 0) is 30.5 Å². The normalized spacial score (nSPS) is 11.9. The van der Waals surface area contributed by atoms with Gasteiger partial charge in [0, 0.05) is 16.4 Å². The van der Waals surface area contributed by atoms with Crippen LogP contribution in [-0.4, -0.2) is 11.6 Å². The standard InChI is InChI=1S/C18H26N2OS/c1-12(2)8-9-21-15-7-6-13(10-14(15)19)17-20-16(11-22-17)18(3,4)5/h6-7,10-12H,8-9,19H2,1-5H3. The molecule has 2 rings (SSSR count). The molecule has 0 atom stereocenters. The van der Waals surface area contributed by atoms with Gasteiger partial charge in [0.1, 0.15) is 10.8 Å². The molecule has 0 aliphatic carbocycles. The maximum Gasteiger partial charge on any atom is 0.142 e. The number of hydrogen-bond donors (Lipinski definition) is 1. The smallest absolute Gasteiger partial charge is 0.142 e. The zero-order valence-corrected chi connectivity index (χ0v) is 15.0. The SMILES string of the molecule is CC(C)CCOc1ccc(-c2nc(C(C)(C)C)cs2)cc1N. The summed E-state index contributed by atoms with van der Waals surface area (Å²) >= 11 is 1.66. The van der Waals surface area contributed by atoms with Gasteiger partial charge in [-0.1, -0.05) is 34.6 Å². The number of nitrogens with two attached hydrogens (primary N) is 1. The highest BCUT2D eigenvalue weighted by Gasteiger charge is 2.18. The molecular weight excluding hydrogens is 292 g/mol. The number of aromatic nitrogens is 1. The summed E-state index contributed by atoms with van der Waals surface area (Å²) in [6.07, 6.45) is 1.03. The summed E-state index contributed by atoms with van der Waals surface area (Å²) in [5.41, 5.74) is 9.03. The zero-order valence-electron chi connectivity index (χ0n) is 14.1. The average molecular weight is 318 g/mol. The molecule has 1 aromatic heterocycles. The van der Waals surface area contributed by atoms with Crippen molar-refractivity contribution in [3.63, 3.8) is 0 Å². The highest BCUT2D eigenvalue weighted by atomic mass is 32.1. The van der Waals surface area contributed by atoms with E-state index in [4.69, 9.17) is 15.5 Å². The Morgan fingerprint density at radius 1 is 1.27 bits per heavy atom. The first-order valence-corrected chi connectivity index (χ1v) is 8.64. The molecule has 1 heterocycles. The van der Waals surface area contributed by atoms with Crippen LogP contribution < -0.4 is 10.5 Å². The van der Waals surface area contributed by atoms with Crippen LogP contribution in [0, 0.1) is 5.92 Å². The van der Waals surface area contributed by atoms with E-state index in [1.165, 1.54) is 0 Å². The van der Waals surface area contributed by atoms with Crippen molar-refractivity contribution in [2.45, 2.75) is 46.5 Å². The summed E-state index contributed by atoms with van der Waals surface area (Å²) in [6.45, 7) is 11.6. The molecule has 22 heavy (non-hydrogen) atoms. The van der Waals surface area contributed by atoms with Crippen molar-refractivity contribution in [3.05, 3.63) is 29.3 Å². The van der Waals surface area contributed by atoms with Crippen molar-refractivity contribution in [1.82, 2.24) is 4.98 Å². The quantitative estimate of drug-likeness (QED) is 0.779. The molecule has 0 saturated carbocycles. The second kappa shape index (κ2) is 6.69. The summed E-state index contributed by atoms with van der Waals surface area (Å²) in [5, 5.41) is 3.13. The van der Waals surface area contributed by atoms with E-state index < -0.39 is 0 Å². The van der Waals surface area contributed by atoms with Crippen molar-refractivity contribution in [2.75, 3.05) is 12.3 Å². The third-order valence-electron chi connectivity index (χ3n) is 3.48. The lowest BCUT2D eigenvalue weighted by atomic mass is 9.93. The summed E-state index contributed by atoms with van der Waals surface area (Å²) in [5.74, 6) is 1.39. The molecular formula is C18H26N2OS. The maximum atomic E-state index is 6.12. The topological polar surface area (TPSA) is 48.1 Å². The minimum absolute atomic E-state index is 0.0696. The number of benzene rings is 1. The fourth-order valence-corrected chi connectivity index (χ4v) is 3.01. The Balaban J connectivity index is 2.13. The number of hydrogen-bond acceptors (Lipinski definition) is 4. The summed E-state index contributed by atoms with van der Waals surface area (Å²) < 4.78 is 5.76. The Morgan fingerprint density at radius 3 is 2.55 bits per heavy atom. The van der Waals surface area contributed by atoms with E-state index in [0.717, 1.165) is 28.4 Å². The van der Waals surface area contributed by atoms with Gasteiger partial charge in [0.15, 0.2) is 0 Å². The first-order valence-electron chi connectivity index (χ1n) is 7.76. The molecule has 1 aromatic carbocycles. The largest absolute Gasteiger partial charge is 0.491 e. The Kier molecular flexibility index (Phi) is 5.12. The van der Waals surface area contributed by atoms with E-state index in [0.29, 0.717) is 18.2 Å². The van der Waals surface area contributed by atoms with E-state index in [1.807, 2.05) is 18.2 Å². The van der Waals surface area contributed by atoms with E-state index in [1.54, 1.807) is 11.3 Å². The highest BCUT2D eigenvalue weighted by molar-refractivity contribution is 7.13. The summed E-state index contributed by atoms with van der Waals surface area (Å²) in [7, 11) is 0. The van der Waals surface area contributed by atoms with Crippen LogP contribution in [0.3, 0.4) is 0 Å². The Morgan fingerprint density at radius 2 is 2.00 bits per heavy atom. The Bertz CT molecular complexity index is 626. The van der Waals surface area contributed by atoms with Gasteiger partial charge in [-0.25, -0.2) is 4.98 Å². The third-order valence-corrected chi connectivity index (χ3v) is 4.37. The molecule has 0 fully saturated rings. The molecule has 0 amide bonds. The van der Waals surface area contributed by atoms with Crippen LogP contribution in [-0.2, 0) is 5.41 Å². The van der Waals surface area contributed by atoms with Crippen molar-refractivity contribution < 1.29 is 4.74 Å². The van der Waals surface area contributed by atoms with E-state index in [9.17, 15) is 0 Å². The third kappa shape index (κ3) is 4.23. The molecule has 0 spiro atoms. The molecule has 120 valence electrons. The molecule has 0 unspecified atom stereocenters. The van der Waals surface area contributed by atoms with Crippen LogP contribution in [0.1, 0.15) is 46.7 Å². The number of anilines is 1.